The molecule has 0 aliphatic rings. The van der Waals surface area contributed by atoms with Crippen LogP contribution in [0.5, 0.6) is 5.75 Å². The van der Waals surface area contributed by atoms with Crippen molar-refractivity contribution in [3.63, 3.8) is 0 Å². The fraction of sp³-hybridized carbons (Fsp3) is 0.0667. The molecule has 0 aliphatic carbocycles. The first-order chi connectivity index (χ1) is 9.56. The van der Waals surface area contributed by atoms with E-state index in [-0.39, 0.29) is 11.3 Å². The lowest BCUT2D eigenvalue weighted by Crippen LogP contribution is -2.01. The molecule has 2 aromatic carbocycles. The summed E-state index contributed by atoms with van der Waals surface area (Å²) < 4.78 is 4.66. The highest BCUT2D eigenvalue weighted by atomic mass is 35.5. The second-order valence-corrected chi connectivity index (χ2v) is 4.44. The maximum Gasteiger partial charge on any atom is 0.337 e. The topological polar surface area (TPSA) is 70.3 Å². The van der Waals surface area contributed by atoms with Crippen molar-refractivity contribution in [2.24, 2.45) is 0 Å². The van der Waals surface area contributed by atoms with Crippen molar-refractivity contribution in [3.05, 3.63) is 52.5 Å². The van der Waals surface area contributed by atoms with Gasteiger partial charge in [-0.1, -0.05) is 17.7 Å². The molecule has 0 spiro atoms. The molecule has 5 heteroatoms. The number of benzene rings is 2. The summed E-state index contributed by atoms with van der Waals surface area (Å²) in [5, 5.41) is 18.9. The maximum atomic E-state index is 11.5. The molecule has 0 fully saturated rings. The first kappa shape index (κ1) is 13.9. The summed E-state index contributed by atoms with van der Waals surface area (Å²) in [6.45, 7) is 0. The van der Waals surface area contributed by atoms with Gasteiger partial charge in [-0.2, -0.15) is 5.26 Å². The molecule has 2 rings (SSSR count). The number of hydrogen-bond donors (Lipinski definition) is 1. The second kappa shape index (κ2) is 5.64. The smallest absolute Gasteiger partial charge is 0.337 e. The number of carbonyl (C=O) groups is 1. The van der Waals surface area contributed by atoms with Gasteiger partial charge in [-0.05, 0) is 35.9 Å². The first-order valence-electron chi connectivity index (χ1n) is 5.68. The predicted octanol–water partition coefficient (Wildman–Crippen LogP) is 3.37. The molecule has 0 saturated carbocycles. The molecule has 2 aromatic rings. The van der Waals surface area contributed by atoms with Gasteiger partial charge in [-0.3, -0.25) is 0 Å². The number of hydrogen-bond acceptors (Lipinski definition) is 4. The van der Waals surface area contributed by atoms with Gasteiger partial charge in [0.25, 0.3) is 0 Å². The molecule has 0 saturated heterocycles. The van der Waals surface area contributed by atoms with Crippen molar-refractivity contribution >= 4 is 17.6 Å². The van der Waals surface area contributed by atoms with Gasteiger partial charge in [0.2, 0.25) is 0 Å². The van der Waals surface area contributed by atoms with Crippen LogP contribution in [0, 0.1) is 11.3 Å². The molecule has 0 bridgehead atoms. The van der Waals surface area contributed by atoms with Gasteiger partial charge in [0.05, 0.1) is 18.2 Å². The molecule has 0 radical (unpaired) electrons. The van der Waals surface area contributed by atoms with E-state index in [0.717, 1.165) is 0 Å². The number of esters is 1. The van der Waals surface area contributed by atoms with Gasteiger partial charge < -0.3 is 9.84 Å². The zero-order valence-electron chi connectivity index (χ0n) is 10.6. The zero-order valence-corrected chi connectivity index (χ0v) is 11.3. The summed E-state index contributed by atoms with van der Waals surface area (Å²) >= 11 is 6.12. The van der Waals surface area contributed by atoms with Crippen molar-refractivity contribution in [1.82, 2.24) is 0 Å². The normalized spacial score (nSPS) is 9.85. The molecule has 0 unspecified atom stereocenters. The summed E-state index contributed by atoms with van der Waals surface area (Å²) in [4.78, 5) is 11.5. The molecule has 20 heavy (non-hydrogen) atoms. The van der Waals surface area contributed by atoms with Crippen LogP contribution in [0.2, 0.25) is 5.02 Å². The van der Waals surface area contributed by atoms with Crippen LogP contribution in [0.3, 0.4) is 0 Å². The van der Waals surface area contributed by atoms with Crippen LogP contribution in [-0.4, -0.2) is 18.2 Å². The van der Waals surface area contributed by atoms with E-state index in [0.29, 0.717) is 21.7 Å². The van der Waals surface area contributed by atoms with E-state index in [2.05, 4.69) is 4.74 Å². The van der Waals surface area contributed by atoms with Gasteiger partial charge in [-0.25, -0.2) is 4.79 Å². The third-order valence-corrected chi connectivity index (χ3v) is 3.15. The van der Waals surface area contributed by atoms with Crippen LogP contribution in [0.1, 0.15) is 15.9 Å². The van der Waals surface area contributed by atoms with Crippen molar-refractivity contribution in [2.75, 3.05) is 7.11 Å². The fourth-order valence-corrected chi connectivity index (χ4v) is 2.01. The number of aromatic hydroxyl groups is 1. The van der Waals surface area contributed by atoms with E-state index >= 15 is 0 Å². The molecule has 0 amide bonds. The highest BCUT2D eigenvalue weighted by Gasteiger charge is 2.12. The van der Waals surface area contributed by atoms with Crippen LogP contribution in [0.4, 0.5) is 0 Å². The van der Waals surface area contributed by atoms with Crippen molar-refractivity contribution < 1.29 is 14.6 Å². The highest BCUT2D eigenvalue weighted by Crippen LogP contribution is 2.31. The Balaban J connectivity index is 2.57. The zero-order chi connectivity index (χ0) is 14.7. The lowest BCUT2D eigenvalue weighted by molar-refractivity contribution is 0.0601. The number of halogens is 1. The van der Waals surface area contributed by atoms with Crippen molar-refractivity contribution in [3.8, 4) is 22.9 Å². The lowest BCUT2D eigenvalue weighted by atomic mass is 10.0. The van der Waals surface area contributed by atoms with Gasteiger partial charge in [0.15, 0.2) is 0 Å². The summed E-state index contributed by atoms with van der Waals surface area (Å²) in [5.74, 6) is -0.571. The third kappa shape index (κ3) is 2.58. The number of ether oxygens (including phenoxy) is 1. The molecule has 0 atom stereocenters. The number of nitriles is 1. The maximum absolute atomic E-state index is 11.5. The van der Waals surface area contributed by atoms with Gasteiger partial charge >= 0.3 is 5.97 Å². The molecular formula is C15H10ClNO3. The molecule has 4 nitrogen and oxygen atoms in total. The molecule has 0 aliphatic heterocycles. The van der Waals surface area contributed by atoms with Crippen LogP contribution in [0.25, 0.3) is 11.1 Å². The largest absolute Gasteiger partial charge is 0.507 e. The Morgan fingerprint density at radius 3 is 2.70 bits per heavy atom. The number of carbonyl (C=O) groups excluding carboxylic acids is 1. The van der Waals surface area contributed by atoms with Gasteiger partial charge in [0.1, 0.15) is 11.8 Å². The molecule has 1 N–H and O–H groups in total. The van der Waals surface area contributed by atoms with Crippen LogP contribution in [0.15, 0.2) is 36.4 Å². The Morgan fingerprint density at radius 2 is 2.05 bits per heavy atom. The van der Waals surface area contributed by atoms with Crippen LogP contribution < -0.4 is 0 Å². The standard InChI is InChI=1S/C15H10ClNO3/c1-20-15(19)10-2-4-13(16)12(7-10)9-3-5-14(18)11(6-9)8-17/h2-7,18H,1H3. The van der Waals surface area contributed by atoms with E-state index in [4.69, 9.17) is 16.9 Å². The number of nitrogens with zero attached hydrogens (tertiary/aromatic N) is 1. The van der Waals surface area contributed by atoms with Crippen molar-refractivity contribution in [1.29, 1.82) is 5.26 Å². The lowest BCUT2D eigenvalue weighted by Gasteiger charge is -2.08. The molecule has 0 aromatic heterocycles. The fourth-order valence-electron chi connectivity index (χ4n) is 1.78. The number of phenols is 1. The average Bonchev–Trinajstić information content (AvgIpc) is 2.47. The van der Waals surface area contributed by atoms with E-state index < -0.39 is 5.97 Å². The van der Waals surface area contributed by atoms with Crippen LogP contribution in [-0.2, 0) is 4.74 Å². The van der Waals surface area contributed by atoms with Gasteiger partial charge in [0, 0.05) is 10.6 Å². The Labute approximate surface area is 120 Å². The van der Waals surface area contributed by atoms with Crippen LogP contribution >= 0.6 is 11.6 Å². The minimum absolute atomic E-state index is 0.100. The number of methoxy groups -OCH3 is 1. The van der Waals surface area contributed by atoms with E-state index in [1.54, 1.807) is 24.3 Å². The third-order valence-electron chi connectivity index (χ3n) is 2.82. The minimum atomic E-state index is -0.470. The van der Waals surface area contributed by atoms with E-state index in [1.807, 2.05) is 6.07 Å². The first-order valence-corrected chi connectivity index (χ1v) is 6.06. The SMILES string of the molecule is COC(=O)c1ccc(Cl)c(-c2ccc(O)c(C#N)c2)c1. The number of phenolic OH excluding ortho intramolecular Hbond substituents is 1. The molecule has 0 heterocycles. The Hall–Kier alpha value is -2.51. The monoisotopic (exact) mass is 287 g/mol. The highest BCUT2D eigenvalue weighted by molar-refractivity contribution is 6.33. The Morgan fingerprint density at radius 1 is 1.30 bits per heavy atom. The Kier molecular flexibility index (Phi) is 3.92. The minimum Gasteiger partial charge on any atom is -0.507 e. The summed E-state index contributed by atoms with van der Waals surface area (Å²) in [6.07, 6.45) is 0. The van der Waals surface area contributed by atoms with E-state index in [9.17, 15) is 9.90 Å². The second-order valence-electron chi connectivity index (χ2n) is 4.03. The predicted molar refractivity (Wildman–Crippen MR) is 74.6 cm³/mol. The van der Waals surface area contributed by atoms with Crippen molar-refractivity contribution in [2.45, 2.75) is 0 Å². The summed E-state index contributed by atoms with van der Waals surface area (Å²) in [5.41, 5.74) is 1.72. The molecule has 100 valence electrons. The van der Waals surface area contributed by atoms with E-state index in [1.165, 1.54) is 19.2 Å². The average molecular weight is 288 g/mol. The quantitative estimate of drug-likeness (QED) is 0.860. The summed E-state index contributed by atoms with van der Waals surface area (Å²) in [7, 11) is 1.30. The Bertz CT molecular complexity index is 720. The molecular weight excluding hydrogens is 278 g/mol. The van der Waals surface area contributed by atoms with Gasteiger partial charge in [-0.15, -0.1) is 0 Å². The number of rotatable bonds is 2. The summed E-state index contributed by atoms with van der Waals surface area (Å²) in [6, 6.07) is 11.2.